The predicted molar refractivity (Wildman–Crippen MR) is 136 cm³/mol. The van der Waals surface area contributed by atoms with Crippen molar-refractivity contribution in [2.75, 3.05) is 36.5 Å². The van der Waals surface area contributed by atoms with Crippen LogP contribution in [0.25, 0.3) is 10.8 Å². The molecule has 174 valence electrons. The number of hydrogen-bond acceptors (Lipinski definition) is 4. The molecule has 0 aromatic heterocycles. The summed E-state index contributed by atoms with van der Waals surface area (Å²) < 4.78 is 0. The number of hydrogen-bond donors (Lipinski definition) is 2. The molecule has 2 fully saturated rings. The van der Waals surface area contributed by atoms with Gasteiger partial charge in [0, 0.05) is 54.9 Å². The number of anilines is 2. The zero-order chi connectivity index (χ0) is 23.6. The number of nitrogens with one attached hydrogen (secondary N) is 2. The van der Waals surface area contributed by atoms with E-state index in [0.29, 0.717) is 6.04 Å². The molecule has 1 saturated carbocycles. The Labute approximate surface area is 199 Å². The zero-order valence-electron chi connectivity index (χ0n) is 19.9. The Bertz CT molecular complexity index is 1340. The second-order valence-electron chi connectivity index (χ2n) is 10.0. The molecule has 3 aromatic rings. The van der Waals surface area contributed by atoms with Gasteiger partial charge in [-0.25, -0.2) is 0 Å². The molecule has 1 aliphatic carbocycles. The molecule has 6 rings (SSSR count). The number of carbonyl (C=O) groups excluding carboxylic acids is 2. The van der Waals surface area contributed by atoms with Crippen LogP contribution < -0.4 is 20.4 Å². The van der Waals surface area contributed by atoms with Gasteiger partial charge in [-0.3, -0.25) is 9.59 Å². The highest BCUT2D eigenvalue weighted by Crippen LogP contribution is 2.50. The van der Waals surface area contributed by atoms with Crippen LogP contribution in [0.1, 0.15) is 51.6 Å². The fourth-order valence-electron chi connectivity index (χ4n) is 5.68. The van der Waals surface area contributed by atoms with Gasteiger partial charge in [0.15, 0.2) is 0 Å². The summed E-state index contributed by atoms with van der Waals surface area (Å²) in [6.07, 6.45) is 1.80. The van der Waals surface area contributed by atoms with Gasteiger partial charge < -0.3 is 20.4 Å². The molecule has 2 amide bonds. The van der Waals surface area contributed by atoms with Gasteiger partial charge in [-0.05, 0) is 67.5 Å². The van der Waals surface area contributed by atoms with E-state index in [1.165, 1.54) is 0 Å². The van der Waals surface area contributed by atoms with E-state index in [9.17, 15) is 9.59 Å². The molecule has 0 radical (unpaired) electrons. The Balaban J connectivity index is 1.34. The molecule has 34 heavy (non-hydrogen) atoms. The van der Waals surface area contributed by atoms with Crippen LogP contribution >= 0.6 is 0 Å². The van der Waals surface area contributed by atoms with Crippen molar-refractivity contribution in [3.05, 3.63) is 70.8 Å². The van der Waals surface area contributed by atoms with Gasteiger partial charge in [0.2, 0.25) is 0 Å². The summed E-state index contributed by atoms with van der Waals surface area (Å²) in [5.74, 6) is -0.00250. The van der Waals surface area contributed by atoms with Crippen LogP contribution in [0.15, 0.2) is 48.5 Å². The Morgan fingerprint density at radius 2 is 1.97 bits per heavy atom. The third-order valence-electron chi connectivity index (χ3n) is 7.83. The van der Waals surface area contributed by atoms with Crippen molar-refractivity contribution in [2.24, 2.45) is 0 Å². The van der Waals surface area contributed by atoms with E-state index in [0.717, 1.165) is 76.9 Å². The predicted octanol–water partition coefficient (Wildman–Crippen LogP) is 3.96. The molecule has 6 nitrogen and oxygen atoms in total. The van der Waals surface area contributed by atoms with E-state index >= 15 is 0 Å². The van der Waals surface area contributed by atoms with Crippen molar-refractivity contribution in [1.82, 2.24) is 10.6 Å². The lowest BCUT2D eigenvalue weighted by Crippen LogP contribution is -2.50. The fraction of sp³-hybridized carbons (Fsp3) is 0.357. The van der Waals surface area contributed by atoms with Crippen molar-refractivity contribution < 1.29 is 9.59 Å². The second kappa shape index (κ2) is 7.57. The molecule has 1 atom stereocenters. The van der Waals surface area contributed by atoms with Crippen molar-refractivity contribution in [1.29, 1.82) is 0 Å². The summed E-state index contributed by atoms with van der Waals surface area (Å²) in [6, 6.07) is 16.6. The maximum absolute atomic E-state index is 13.6. The topological polar surface area (TPSA) is 64.7 Å². The number of benzene rings is 3. The highest BCUT2D eigenvalue weighted by atomic mass is 16.2. The van der Waals surface area contributed by atoms with Crippen LogP contribution in [0.2, 0.25) is 0 Å². The van der Waals surface area contributed by atoms with Crippen LogP contribution in [0.3, 0.4) is 0 Å². The first-order valence-corrected chi connectivity index (χ1v) is 12.1. The molecule has 1 saturated heterocycles. The van der Waals surface area contributed by atoms with Gasteiger partial charge in [0.1, 0.15) is 0 Å². The van der Waals surface area contributed by atoms with E-state index in [-0.39, 0.29) is 17.4 Å². The fourth-order valence-corrected chi connectivity index (χ4v) is 5.68. The smallest absolute Gasteiger partial charge is 0.258 e. The lowest BCUT2D eigenvalue weighted by atomic mass is 9.94. The number of nitrogens with zero attached hydrogens (tertiary/aromatic N) is 2. The summed E-state index contributed by atoms with van der Waals surface area (Å²) in [6.45, 7) is 7.04. The molecular formula is C28H30N4O2. The summed E-state index contributed by atoms with van der Waals surface area (Å²) in [5.41, 5.74) is 5.21. The molecule has 1 unspecified atom stereocenters. The average Bonchev–Trinajstić information content (AvgIpc) is 3.58. The summed E-state index contributed by atoms with van der Waals surface area (Å²) in [7, 11) is 1.82. The Morgan fingerprint density at radius 3 is 2.74 bits per heavy atom. The number of rotatable bonds is 4. The van der Waals surface area contributed by atoms with Gasteiger partial charge in [-0.15, -0.1) is 0 Å². The summed E-state index contributed by atoms with van der Waals surface area (Å²) in [5, 5.41) is 8.88. The van der Waals surface area contributed by atoms with Gasteiger partial charge in [0.05, 0.1) is 11.2 Å². The van der Waals surface area contributed by atoms with Crippen molar-refractivity contribution in [2.45, 2.75) is 38.3 Å². The van der Waals surface area contributed by atoms with Crippen LogP contribution in [0.5, 0.6) is 0 Å². The van der Waals surface area contributed by atoms with E-state index in [2.05, 4.69) is 46.7 Å². The van der Waals surface area contributed by atoms with E-state index in [1.807, 2.05) is 38.2 Å². The highest BCUT2D eigenvalue weighted by molar-refractivity contribution is 6.25. The summed E-state index contributed by atoms with van der Waals surface area (Å²) >= 11 is 0. The zero-order valence-corrected chi connectivity index (χ0v) is 19.9. The first kappa shape index (κ1) is 21.2. The number of carbonyl (C=O) groups is 2. The first-order chi connectivity index (χ1) is 16.4. The normalized spacial score (nSPS) is 20.7. The van der Waals surface area contributed by atoms with Gasteiger partial charge in [-0.1, -0.05) is 24.3 Å². The lowest BCUT2D eigenvalue weighted by Gasteiger charge is -2.36. The first-order valence-electron chi connectivity index (χ1n) is 12.1. The SMILES string of the molecule is Cc1ccc(N2CCNCC2C)cc1C(=O)NC1(c2ccc3c4c(cccc24)C(=O)N3C)CC1. The van der Waals surface area contributed by atoms with Crippen LogP contribution in [-0.4, -0.2) is 44.5 Å². The molecule has 0 spiro atoms. The van der Waals surface area contributed by atoms with Gasteiger partial charge in [0.25, 0.3) is 11.8 Å². The minimum atomic E-state index is -0.386. The van der Waals surface area contributed by atoms with Crippen molar-refractivity contribution in [3.63, 3.8) is 0 Å². The third kappa shape index (κ3) is 3.12. The number of amides is 2. The standard InChI is InChI=1S/C28H30N4O2/c1-17-7-8-19(32-14-13-29-16-18(32)2)15-22(17)26(33)30-28(11-12-28)23-9-10-24-25-20(23)5-4-6-21(25)27(34)31(24)3/h4-10,15,18,29H,11-14,16H2,1-3H3,(H,30,33). The minimum absolute atomic E-state index is 0.0289. The maximum atomic E-state index is 13.6. The number of aryl methyl sites for hydroxylation is 1. The molecular weight excluding hydrogens is 424 g/mol. The molecule has 3 aliphatic rings. The molecule has 2 heterocycles. The van der Waals surface area contributed by atoms with Crippen molar-refractivity contribution >= 4 is 34.0 Å². The maximum Gasteiger partial charge on any atom is 0.258 e. The Kier molecular flexibility index (Phi) is 4.71. The quantitative estimate of drug-likeness (QED) is 0.627. The van der Waals surface area contributed by atoms with E-state index in [4.69, 9.17) is 0 Å². The second-order valence-corrected chi connectivity index (χ2v) is 10.0. The monoisotopic (exact) mass is 454 g/mol. The molecule has 3 aromatic carbocycles. The van der Waals surface area contributed by atoms with Gasteiger partial charge in [-0.2, -0.15) is 0 Å². The summed E-state index contributed by atoms with van der Waals surface area (Å²) in [4.78, 5) is 30.4. The van der Waals surface area contributed by atoms with Gasteiger partial charge >= 0.3 is 0 Å². The van der Waals surface area contributed by atoms with Crippen LogP contribution in [0, 0.1) is 6.92 Å². The highest BCUT2D eigenvalue weighted by Gasteiger charge is 2.47. The van der Waals surface area contributed by atoms with E-state index < -0.39 is 0 Å². The number of piperazine rings is 1. The molecule has 6 heteroatoms. The lowest BCUT2D eigenvalue weighted by molar-refractivity contribution is 0.0929. The average molecular weight is 455 g/mol. The minimum Gasteiger partial charge on any atom is -0.366 e. The van der Waals surface area contributed by atoms with Crippen molar-refractivity contribution in [3.8, 4) is 0 Å². The van der Waals surface area contributed by atoms with E-state index in [1.54, 1.807) is 4.90 Å². The Hall–Kier alpha value is -3.38. The van der Waals surface area contributed by atoms with Crippen LogP contribution in [-0.2, 0) is 5.54 Å². The molecule has 2 N–H and O–H groups in total. The Morgan fingerprint density at radius 1 is 1.15 bits per heavy atom. The van der Waals surface area contributed by atoms with Crippen LogP contribution in [0.4, 0.5) is 11.4 Å². The molecule has 2 aliphatic heterocycles. The largest absolute Gasteiger partial charge is 0.366 e. The molecule has 0 bridgehead atoms. The third-order valence-corrected chi connectivity index (χ3v) is 7.83.